The highest BCUT2D eigenvalue weighted by molar-refractivity contribution is 6.30. The van der Waals surface area contributed by atoms with E-state index in [1.54, 1.807) is 38.1 Å². The minimum Gasteiger partial charge on any atom is -0.478 e. The summed E-state index contributed by atoms with van der Waals surface area (Å²) in [6, 6.07) is 10.5. The molecule has 0 unspecified atom stereocenters. The SMILES string of the molecule is CC(=O)Nc1cc(NC(=O)C(C)(C)Oc2ccc(Cl)cc2)ccc1F. The van der Waals surface area contributed by atoms with Gasteiger partial charge in [-0.3, -0.25) is 9.59 Å². The van der Waals surface area contributed by atoms with Gasteiger partial charge in [0.2, 0.25) is 5.91 Å². The molecule has 25 heavy (non-hydrogen) atoms. The van der Waals surface area contributed by atoms with Gasteiger partial charge in [-0.1, -0.05) is 11.6 Å². The molecule has 0 spiro atoms. The topological polar surface area (TPSA) is 67.4 Å². The van der Waals surface area contributed by atoms with Crippen molar-refractivity contribution in [1.82, 2.24) is 0 Å². The highest BCUT2D eigenvalue weighted by Gasteiger charge is 2.30. The monoisotopic (exact) mass is 364 g/mol. The van der Waals surface area contributed by atoms with Crippen LogP contribution in [0.15, 0.2) is 42.5 Å². The number of halogens is 2. The van der Waals surface area contributed by atoms with Gasteiger partial charge in [0.15, 0.2) is 5.60 Å². The van der Waals surface area contributed by atoms with Crippen LogP contribution in [-0.2, 0) is 9.59 Å². The van der Waals surface area contributed by atoms with Gasteiger partial charge in [0.1, 0.15) is 11.6 Å². The smallest absolute Gasteiger partial charge is 0.267 e. The van der Waals surface area contributed by atoms with E-state index in [0.717, 1.165) is 6.07 Å². The molecular weight excluding hydrogens is 347 g/mol. The van der Waals surface area contributed by atoms with Gasteiger partial charge in [-0.25, -0.2) is 4.39 Å². The van der Waals surface area contributed by atoms with Crippen LogP contribution < -0.4 is 15.4 Å². The third-order valence-corrected chi connectivity index (χ3v) is 3.52. The molecule has 2 rings (SSSR count). The third-order valence-electron chi connectivity index (χ3n) is 3.27. The highest BCUT2D eigenvalue weighted by atomic mass is 35.5. The fraction of sp³-hybridized carbons (Fsp3) is 0.222. The average molecular weight is 365 g/mol. The van der Waals surface area contributed by atoms with Crippen LogP contribution >= 0.6 is 11.6 Å². The lowest BCUT2D eigenvalue weighted by Gasteiger charge is -2.25. The number of anilines is 2. The summed E-state index contributed by atoms with van der Waals surface area (Å²) in [5, 5.41) is 5.57. The van der Waals surface area contributed by atoms with Crippen molar-refractivity contribution in [3.05, 3.63) is 53.3 Å². The summed E-state index contributed by atoms with van der Waals surface area (Å²) in [5.74, 6) is -0.941. The Morgan fingerprint density at radius 2 is 1.72 bits per heavy atom. The predicted molar refractivity (Wildman–Crippen MR) is 95.5 cm³/mol. The van der Waals surface area contributed by atoms with E-state index in [4.69, 9.17) is 16.3 Å². The summed E-state index contributed by atoms with van der Waals surface area (Å²) in [6.45, 7) is 4.48. The Morgan fingerprint density at radius 1 is 1.08 bits per heavy atom. The van der Waals surface area contributed by atoms with Crippen molar-refractivity contribution in [1.29, 1.82) is 0 Å². The van der Waals surface area contributed by atoms with Crippen LogP contribution in [0.3, 0.4) is 0 Å². The van der Waals surface area contributed by atoms with Crippen molar-refractivity contribution < 1.29 is 18.7 Å². The fourth-order valence-corrected chi connectivity index (χ4v) is 2.14. The number of carbonyl (C=O) groups excluding carboxylic acids is 2. The van der Waals surface area contributed by atoms with E-state index in [9.17, 15) is 14.0 Å². The first-order chi connectivity index (χ1) is 11.7. The van der Waals surface area contributed by atoms with Gasteiger partial charge in [-0.2, -0.15) is 0 Å². The molecule has 2 N–H and O–H groups in total. The first-order valence-corrected chi connectivity index (χ1v) is 7.88. The van der Waals surface area contributed by atoms with Gasteiger partial charge in [0.05, 0.1) is 5.69 Å². The minimum absolute atomic E-state index is 0.0123. The molecule has 2 aromatic carbocycles. The summed E-state index contributed by atoms with van der Waals surface area (Å²) < 4.78 is 19.4. The lowest BCUT2D eigenvalue weighted by Crippen LogP contribution is -2.42. The van der Waals surface area contributed by atoms with E-state index in [2.05, 4.69) is 10.6 Å². The molecule has 2 amide bonds. The van der Waals surface area contributed by atoms with Crippen LogP contribution in [0.1, 0.15) is 20.8 Å². The molecule has 0 aliphatic heterocycles. The molecule has 0 saturated heterocycles. The van der Waals surface area contributed by atoms with Gasteiger partial charge in [-0.05, 0) is 56.3 Å². The highest BCUT2D eigenvalue weighted by Crippen LogP contribution is 2.24. The molecular formula is C18H18ClFN2O3. The number of benzene rings is 2. The maximum atomic E-state index is 13.7. The van der Waals surface area contributed by atoms with Crippen molar-refractivity contribution >= 4 is 34.8 Å². The summed E-state index contributed by atoms with van der Waals surface area (Å²) in [4.78, 5) is 23.6. The van der Waals surface area contributed by atoms with Crippen molar-refractivity contribution in [2.24, 2.45) is 0 Å². The number of ether oxygens (including phenoxy) is 1. The number of amides is 2. The van der Waals surface area contributed by atoms with Crippen LogP contribution in [0.25, 0.3) is 0 Å². The van der Waals surface area contributed by atoms with E-state index in [0.29, 0.717) is 16.5 Å². The maximum absolute atomic E-state index is 13.7. The summed E-state index contributed by atoms with van der Waals surface area (Å²) in [7, 11) is 0. The quantitative estimate of drug-likeness (QED) is 0.834. The first kappa shape index (κ1) is 18.7. The third kappa shape index (κ3) is 5.19. The second kappa shape index (κ2) is 7.53. The fourth-order valence-electron chi connectivity index (χ4n) is 2.01. The van der Waals surface area contributed by atoms with E-state index < -0.39 is 23.2 Å². The molecule has 0 aliphatic rings. The number of nitrogens with one attached hydrogen (secondary N) is 2. The Morgan fingerprint density at radius 3 is 2.32 bits per heavy atom. The Labute approximate surface area is 150 Å². The van der Waals surface area contributed by atoms with E-state index in [-0.39, 0.29) is 5.69 Å². The zero-order valence-electron chi connectivity index (χ0n) is 14.0. The molecule has 2 aromatic rings. The second-order valence-electron chi connectivity index (χ2n) is 5.90. The number of carbonyl (C=O) groups is 2. The van der Waals surface area contributed by atoms with Gasteiger partial charge < -0.3 is 15.4 Å². The summed E-state index contributed by atoms with van der Waals surface area (Å²) in [6.07, 6.45) is 0. The number of rotatable bonds is 5. The van der Waals surface area contributed by atoms with Crippen LogP contribution in [0.5, 0.6) is 5.75 Å². The van der Waals surface area contributed by atoms with Crippen molar-refractivity contribution in [3.8, 4) is 5.75 Å². The summed E-state index contributed by atoms with van der Waals surface area (Å²) in [5.41, 5.74) is -0.860. The normalized spacial score (nSPS) is 10.9. The van der Waals surface area contributed by atoms with Crippen LogP contribution in [0.4, 0.5) is 15.8 Å². The maximum Gasteiger partial charge on any atom is 0.267 e. The molecule has 5 nitrogen and oxygen atoms in total. The predicted octanol–water partition coefficient (Wildman–Crippen LogP) is 4.23. The number of hydrogen-bond donors (Lipinski definition) is 2. The van der Waals surface area contributed by atoms with Crippen molar-refractivity contribution in [2.45, 2.75) is 26.4 Å². The van der Waals surface area contributed by atoms with E-state index in [1.165, 1.54) is 19.1 Å². The van der Waals surface area contributed by atoms with E-state index >= 15 is 0 Å². The largest absolute Gasteiger partial charge is 0.478 e. The van der Waals surface area contributed by atoms with Crippen LogP contribution in [0, 0.1) is 5.82 Å². The summed E-state index contributed by atoms with van der Waals surface area (Å²) >= 11 is 5.82. The van der Waals surface area contributed by atoms with Crippen molar-refractivity contribution in [2.75, 3.05) is 10.6 Å². The zero-order chi connectivity index (χ0) is 18.6. The molecule has 7 heteroatoms. The molecule has 132 valence electrons. The molecule has 0 aromatic heterocycles. The molecule has 0 saturated carbocycles. The van der Waals surface area contributed by atoms with E-state index in [1.807, 2.05) is 0 Å². The Hall–Kier alpha value is -2.60. The Balaban J connectivity index is 2.12. The van der Waals surface area contributed by atoms with Gasteiger partial charge >= 0.3 is 0 Å². The van der Waals surface area contributed by atoms with Gasteiger partial charge in [0.25, 0.3) is 5.91 Å². The lowest BCUT2D eigenvalue weighted by molar-refractivity contribution is -0.128. The Kier molecular flexibility index (Phi) is 5.64. The van der Waals surface area contributed by atoms with Crippen molar-refractivity contribution in [3.63, 3.8) is 0 Å². The Bertz CT molecular complexity index is 791. The molecule has 0 radical (unpaired) electrons. The molecule has 0 aliphatic carbocycles. The zero-order valence-corrected chi connectivity index (χ0v) is 14.8. The van der Waals surface area contributed by atoms with Crippen LogP contribution in [0.2, 0.25) is 5.02 Å². The lowest BCUT2D eigenvalue weighted by atomic mass is 10.1. The van der Waals surface area contributed by atoms with Gasteiger partial charge in [-0.15, -0.1) is 0 Å². The molecule has 0 atom stereocenters. The molecule has 0 bridgehead atoms. The van der Waals surface area contributed by atoms with Gasteiger partial charge in [0, 0.05) is 17.6 Å². The standard InChI is InChI=1S/C18H18ClFN2O3/c1-11(23)21-16-10-13(6-9-15(16)20)22-17(24)18(2,3)25-14-7-4-12(19)5-8-14/h4-10H,1-3H3,(H,21,23)(H,22,24). The second-order valence-corrected chi connectivity index (χ2v) is 6.33. The van der Waals surface area contributed by atoms with Crippen LogP contribution in [-0.4, -0.2) is 17.4 Å². The molecule has 0 heterocycles. The minimum atomic E-state index is -1.18. The average Bonchev–Trinajstić information content (AvgIpc) is 2.52. The number of hydrogen-bond acceptors (Lipinski definition) is 3. The molecule has 0 fully saturated rings. The first-order valence-electron chi connectivity index (χ1n) is 7.50.